The summed E-state index contributed by atoms with van der Waals surface area (Å²) in [6, 6.07) is 9.64. The highest BCUT2D eigenvalue weighted by molar-refractivity contribution is 6.33. The third kappa shape index (κ3) is 3.21. The summed E-state index contributed by atoms with van der Waals surface area (Å²) in [7, 11) is 1.39. The Hall–Kier alpha value is -3.07. The van der Waals surface area contributed by atoms with Crippen molar-refractivity contribution in [2.24, 2.45) is 0 Å². The van der Waals surface area contributed by atoms with Gasteiger partial charge < -0.3 is 4.74 Å². The molecule has 3 aromatic heterocycles. The van der Waals surface area contributed by atoms with Crippen molar-refractivity contribution in [2.45, 2.75) is 19.6 Å². The predicted octanol–water partition coefficient (Wildman–Crippen LogP) is 4.24. The number of hydrogen-bond donors (Lipinski definition) is 0. The molecule has 0 atom stereocenters. The van der Waals surface area contributed by atoms with Crippen molar-refractivity contribution in [3.8, 4) is 17.3 Å². The average Bonchev–Trinajstić information content (AvgIpc) is 3.01. The Labute approximate surface area is 167 Å². The fourth-order valence-corrected chi connectivity index (χ4v) is 3.52. The maximum atomic E-state index is 13.2. The third-order valence-electron chi connectivity index (χ3n) is 4.49. The van der Waals surface area contributed by atoms with Gasteiger partial charge in [-0.05, 0) is 25.1 Å². The minimum atomic E-state index is -4.59. The lowest BCUT2D eigenvalue weighted by atomic mass is 10.2. The maximum absolute atomic E-state index is 13.2. The van der Waals surface area contributed by atoms with E-state index in [1.807, 2.05) is 0 Å². The molecule has 0 saturated heterocycles. The van der Waals surface area contributed by atoms with Gasteiger partial charge in [0, 0.05) is 11.6 Å². The molecule has 0 amide bonds. The summed E-state index contributed by atoms with van der Waals surface area (Å²) in [5.41, 5.74) is 0.0936. The number of aryl methyl sites for hydroxylation is 1. The van der Waals surface area contributed by atoms with Crippen LogP contribution in [0, 0.1) is 6.92 Å². The number of fused-ring (bicyclic) bond motifs is 3. The molecule has 29 heavy (non-hydrogen) atoms. The Kier molecular flexibility index (Phi) is 4.49. The molecule has 10 heteroatoms. The lowest BCUT2D eigenvalue weighted by molar-refractivity contribution is -0.140. The Morgan fingerprint density at radius 2 is 1.86 bits per heavy atom. The predicted molar refractivity (Wildman–Crippen MR) is 103 cm³/mol. The molecule has 0 bridgehead atoms. The highest BCUT2D eigenvalue weighted by Gasteiger charge is 2.31. The Morgan fingerprint density at radius 3 is 2.52 bits per heavy atom. The Bertz CT molecular complexity index is 1310. The van der Waals surface area contributed by atoms with E-state index in [9.17, 15) is 18.0 Å². The van der Waals surface area contributed by atoms with Crippen LogP contribution in [0.4, 0.5) is 13.2 Å². The summed E-state index contributed by atoms with van der Waals surface area (Å²) < 4.78 is 46.7. The molecule has 6 nitrogen and oxygen atoms in total. The molecular formula is C19H14ClF3N4O2. The highest BCUT2D eigenvalue weighted by atomic mass is 35.5. The number of pyridine rings is 1. The molecule has 0 fully saturated rings. The van der Waals surface area contributed by atoms with Crippen molar-refractivity contribution in [3.05, 3.63) is 57.5 Å². The quantitative estimate of drug-likeness (QED) is 0.495. The standard InChI is InChI=1S/C19H14ClF3N4O2/c1-10-15-18(28)26(9-19(21,22)23)13-7-8-14(29-2)25-17(13)27(15)16(24-10)11-5-3-4-6-12(11)20/h3-8H,9H2,1-2H3. The van der Waals surface area contributed by atoms with Gasteiger partial charge in [-0.15, -0.1) is 0 Å². The molecule has 4 rings (SSSR count). The van der Waals surface area contributed by atoms with Crippen LogP contribution in [0.15, 0.2) is 41.2 Å². The van der Waals surface area contributed by atoms with Crippen molar-refractivity contribution in [1.82, 2.24) is 18.9 Å². The second-order valence-electron chi connectivity index (χ2n) is 6.39. The molecule has 0 saturated carbocycles. The summed E-state index contributed by atoms with van der Waals surface area (Å²) in [6.45, 7) is 0.111. The molecule has 0 spiro atoms. The van der Waals surface area contributed by atoms with E-state index in [1.54, 1.807) is 31.2 Å². The smallest absolute Gasteiger partial charge is 0.406 e. The van der Waals surface area contributed by atoms with E-state index in [1.165, 1.54) is 23.6 Å². The molecule has 150 valence electrons. The molecule has 0 aliphatic heterocycles. The molecule has 0 aliphatic carbocycles. The normalized spacial score (nSPS) is 12.1. The van der Waals surface area contributed by atoms with Crippen molar-refractivity contribution in [2.75, 3.05) is 7.11 Å². The number of alkyl halides is 3. The van der Waals surface area contributed by atoms with Gasteiger partial charge in [-0.3, -0.25) is 13.8 Å². The van der Waals surface area contributed by atoms with Crippen LogP contribution in [-0.2, 0) is 6.54 Å². The lowest BCUT2D eigenvalue weighted by Gasteiger charge is -2.15. The minimum absolute atomic E-state index is 0.00239. The van der Waals surface area contributed by atoms with E-state index < -0.39 is 18.3 Å². The van der Waals surface area contributed by atoms with Gasteiger partial charge >= 0.3 is 6.18 Å². The van der Waals surface area contributed by atoms with Gasteiger partial charge in [-0.1, -0.05) is 23.7 Å². The number of imidazole rings is 1. The van der Waals surface area contributed by atoms with Gasteiger partial charge in [0.05, 0.1) is 23.3 Å². The fraction of sp³-hybridized carbons (Fsp3) is 0.211. The summed E-state index contributed by atoms with van der Waals surface area (Å²) >= 11 is 6.31. The second-order valence-corrected chi connectivity index (χ2v) is 6.79. The molecule has 4 aromatic rings. The molecule has 0 radical (unpaired) electrons. The van der Waals surface area contributed by atoms with Crippen LogP contribution in [0.5, 0.6) is 5.88 Å². The van der Waals surface area contributed by atoms with E-state index in [4.69, 9.17) is 16.3 Å². The second kappa shape index (κ2) is 6.77. The lowest BCUT2D eigenvalue weighted by Crippen LogP contribution is -2.30. The van der Waals surface area contributed by atoms with Crippen LogP contribution in [0.3, 0.4) is 0 Å². The van der Waals surface area contributed by atoms with E-state index in [-0.39, 0.29) is 28.3 Å². The number of halogens is 4. The number of rotatable bonds is 3. The number of methoxy groups -OCH3 is 1. The summed E-state index contributed by atoms with van der Waals surface area (Å²) in [5, 5.41) is 0.384. The summed E-state index contributed by atoms with van der Waals surface area (Å²) in [6.07, 6.45) is -4.59. The molecule has 3 heterocycles. The first-order chi connectivity index (χ1) is 13.7. The van der Waals surface area contributed by atoms with Crippen molar-refractivity contribution < 1.29 is 17.9 Å². The van der Waals surface area contributed by atoms with Crippen LogP contribution in [-0.4, -0.2) is 32.2 Å². The van der Waals surface area contributed by atoms with Crippen molar-refractivity contribution >= 4 is 28.3 Å². The highest BCUT2D eigenvalue weighted by Crippen LogP contribution is 2.31. The van der Waals surface area contributed by atoms with Gasteiger partial charge in [0.1, 0.15) is 17.9 Å². The number of nitrogens with zero attached hydrogens (tertiary/aromatic N) is 4. The van der Waals surface area contributed by atoms with Crippen LogP contribution >= 0.6 is 11.6 Å². The van der Waals surface area contributed by atoms with Gasteiger partial charge in [-0.2, -0.15) is 18.2 Å². The summed E-state index contributed by atoms with van der Waals surface area (Å²) in [5.74, 6) is 0.498. The fourth-order valence-electron chi connectivity index (χ4n) is 3.30. The monoisotopic (exact) mass is 422 g/mol. The number of benzene rings is 1. The number of hydrogen-bond acceptors (Lipinski definition) is 4. The molecular weight excluding hydrogens is 409 g/mol. The Morgan fingerprint density at radius 1 is 1.14 bits per heavy atom. The zero-order chi connectivity index (χ0) is 20.9. The number of ether oxygens (including phenoxy) is 1. The van der Waals surface area contributed by atoms with Gasteiger partial charge in [0.2, 0.25) is 5.88 Å². The first kappa shape index (κ1) is 19.3. The van der Waals surface area contributed by atoms with Crippen molar-refractivity contribution in [1.29, 1.82) is 0 Å². The van der Waals surface area contributed by atoms with Gasteiger partial charge in [0.25, 0.3) is 5.56 Å². The van der Waals surface area contributed by atoms with Crippen LogP contribution < -0.4 is 10.3 Å². The van der Waals surface area contributed by atoms with Gasteiger partial charge in [-0.25, -0.2) is 4.98 Å². The molecule has 0 N–H and O–H groups in total. The van der Waals surface area contributed by atoms with Crippen LogP contribution in [0.1, 0.15) is 5.69 Å². The minimum Gasteiger partial charge on any atom is -0.481 e. The van der Waals surface area contributed by atoms with E-state index >= 15 is 0 Å². The molecule has 0 unspecified atom stereocenters. The van der Waals surface area contributed by atoms with E-state index in [0.717, 1.165) is 0 Å². The zero-order valence-electron chi connectivity index (χ0n) is 15.3. The largest absolute Gasteiger partial charge is 0.481 e. The van der Waals surface area contributed by atoms with Crippen LogP contribution in [0.2, 0.25) is 5.02 Å². The average molecular weight is 423 g/mol. The SMILES string of the molecule is COc1ccc2c(n1)n1c(-c3ccccc3Cl)nc(C)c1c(=O)n2CC(F)(F)F. The van der Waals surface area contributed by atoms with Crippen molar-refractivity contribution in [3.63, 3.8) is 0 Å². The van der Waals surface area contributed by atoms with Crippen LogP contribution in [0.25, 0.3) is 28.1 Å². The molecule has 1 aromatic carbocycles. The third-order valence-corrected chi connectivity index (χ3v) is 4.82. The van der Waals surface area contributed by atoms with E-state index in [2.05, 4.69) is 9.97 Å². The molecule has 0 aliphatic rings. The van der Waals surface area contributed by atoms with Gasteiger partial charge in [0.15, 0.2) is 5.65 Å². The maximum Gasteiger partial charge on any atom is 0.406 e. The van der Waals surface area contributed by atoms with E-state index in [0.29, 0.717) is 21.0 Å². The topological polar surface area (TPSA) is 61.4 Å². The Balaban J connectivity index is 2.21. The zero-order valence-corrected chi connectivity index (χ0v) is 16.0. The number of aromatic nitrogens is 4. The summed E-state index contributed by atoms with van der Waals surface area (Å²) in [4.78, 5) is 21.8. The first-order valence-electron chi connectivity index (χ1n) is 8.49. The first-order valence-corrected chi connectivity index (χ1v) is 8.87.